The maximum absolute atomic E-state index is 11.5. The monoisotopic (exact) mass is 405 g/mol. The van der Waals surface area contributed by atoms with Crippen LogP contribution in [-0.4, -0.2) is 21.4 Å². The summed E-state index contributed by atoms with van der Waals surface area (Å²) in [6, 6.07) is 21.1. The first-order valence-electron chi connectivity index (χ1n) is 8.97. The van der Waals surface area contributed by atoms with Crippen LogP contribution in [0.25, 0.3) is 22.2 Å². The van der Waals surface area contributed by atoms with Crippen molar-refractivity contribution in [2.75, 3.05) is 11.6 Å². The third-order valence-electron chi connectivity index (χ3n) is 4.50. The molecule has 0 spiro atoms. The van der Waals surface area contributed by atoms with Crippen molar-refractivity contribution in [3.8, 4) is 11.1 Å². The van der Waals surface area contributed by atoms with Crippen molar-refractivity contribution in [1.82, 2.24) is 4.98 Å². The maximum Gasteiger partial charge on any atom is 0.300 e. The number of para-hydroxylation sites is 1. The van der Waals surface area contributed by atoms with Gasteiger partial charge in [0.05, 0.1) is 6.42 Å². The summed E-state index contributed by atoms with van der Waals surface area (Å²) in [6.45, 7) is 0. The maximum atomic E-state index is 11.5. The lowest BCUT2D eigenvalue weighted by molar-refractivity contribution is -0.117. The zero-order valence-corrected chi connectivity index (χ0v) is 16.5. The number of carbonyl (C=O) groups is 1. The van der Waals surface area contributed by atoms with Crippen LogP contribution in [0.3, 0.4) is 0 Å². The van der Waals surface area contributed by atoms with E-state index in [1.165, 1.54) is 0 Å². The third kappa shape index (κ3) is 4.20. The average Bonchev–Trinajstić information content (AvgIpc) is 3.11. The predicted octanol–water partition coefficient (Wildman–Crippen LogP) is 4.00. The lowest BCUT2D eigenvalue weighted by atomic mass is 10.0. The zero-order valence-electron chi connectivity index (χ0n) is 15.7. The number of anilines is 2. The molecule has 3 N–H and O–H groups in total. The van der Waals surface area contributed by atoms with Crippen molar-refractivity contribution >= 4 is 39.5 Å². The molecule has 0 aliphatic carbocycles. The number of rotatable bonds is 6. The van der Waals surface area contributed by atoms with Gasteiger partial charge in [0.1, 0.15) is 5.52 Å². The molecular formula is C22H19N3O3S. The molecule has 0 radical (unpaired) electrons. The van der Waals surface area contributed by atoms with Gasteiger partial charge in [-0.25, -0.2) is 0 Å². The van der Waals surface area contributed by atoms with E-state index in [0.29, 0.717) is 11.6 Å². The molecule has 6 nitrogen and oxygen atoms in total. The van der Waals surface area contributed by atoms with Crippen molar-refractivity contribution in [2.45, 2.75) is 11.3 Å². The Labute approximate surface area is 170 Å². The quantitative estimate of drug-likeness (QED) is 0.505. The van der Waals surface area contributed by atoms with Gasteiger partial charge in [-0.3, -0.25) is 9.00 Å². The van der Waals surface area contributed by atoms with Gasteiger partial charge in [0.2, 0.25) is 5.91 Å². The normalized spacial score (nSPS) is 12.0. The number of carbonyl (C=O) groups excluding carboxylic acids is 1. The molecule has 0 aliphatic rings. The Hall–Kier alpha value is -3.45. The summed E-state index contributed by atoms with van der Waals surface area (Å²) in [7, 11) is -1.02. The molecule has 0 saturated carbocycles. The van der Waals surface area contributed by atoms with Crippen molar-refractivity contribution in [3.05, 3.63) is 72.3 Å². The van der Waals surface area contributed by atoms with Crippen LogP contribution < -0.4 is 11.1 Å². The molecule has 4 rings (SSSR count). The number of nitrogens with zero attached hydrogens (tertiary/aromatic N) is 1. The SMILES string of the molecule is CS(=O)c1ccc(Nc2nc3cccc(-c4ccc(CC(N)=O)cc4)c3o2)cc1. The molecular weight excluding hydrogens is 386 g/mol. The molecule has 1 amide bonds. The number of aromatic nitrogens is 1. The van der Waals surface area contributed by atoms with E-state index in [1.807, 2.05) is 54.6 Å². The Kier molecular flexibility index (Phi) is 5.14. The molecule has 1 atom stereocenters. The molecule has 146 valence electrons. The summed E-state index contributed by atoms with van der Waals surface area (Å²) in [6.07, 6.45) is 1.86. The van der Waals surface area contributed by atoms with E-state index >= 15 is 0 Å². The van der Waals surface area contributed by atoms with E-state index < -0.39 is 10.8 Å². The van der Waals surface area contributed by atoms with Crippen LogP contribution in [0.15, 0.2) is 76.0 Å². The van der Waals surface area contributed by atoms with E-state index in [1.54, 1.807) is 18.4 Å². The second-order valence-electron chi connectivity index (χ2n) is 6.62. The first-order chi connectivity index (χ1) is 14.0. The molecule has 3 aromatic carbocycles. The first-order valence-corrected chi connectivity index (χ1v) is 10.5. The van der Waals surface area contributed by atoms with Gasteiger partial charge in [-0.05, 0) is 41.5 Å². The average molecular weight is 405 g/mol. The number of fused-ring (bicyclic) bond motifs is 1. The smallest absolute Gasteiger partial charge is 0.300 e. The number of nitrogens with one attached hydrogen (secondary N) is 1. The van der Waals surface area contributed by atoms with Gasteiger partial charge in [0.15, 0.2) is 5.58 Å². The van der Waals surface area contributed by atoms with Crippen LogP contribution >= 0.6 is 0 Å². The molecule has 0 saturated heterocycles. The molecule has 0 aliphatic heterocycles. The van der Waals surface area contributed by atoms with Crippen molar-refractivity contribution in [2.24, 2.45) is 5.73 Å². The highest BCUT2D eigenvalue weighted by Crippen LogP contribution is 2.31. The number of hydrogen-bond donors (Lipinski definition) is 2. The molecule has 29 heavy (non-hydrogen) atoms. The molecule has 7 heteroatoms. The van der Waals surface area contributed by atoms with Gasteiger partial charge in [0.25, 0.3) is 6.01 Å². The lowest BCUT2D eigenvalue weighted by Crippen LogP contribution is -2.13. The summed E-state index contributed by atoms with van der Waals surface area (Å²) in [5, 5.41) is 3.14. The van der Waals surface area contributed by atoms with E-state index in [9.17, 15) is 9.00 Å². The Morgan fingerprint density at radius 2 is 1.79 bits per heavy atom. The summed E-state index contributed by atoms with van der Waals surface area (Å²) >= 11 is 0. The van der Waals surface area contributed by atoms with E-state index in [2.05, 4.69) is 10.3 Å². The highest BCUT2D eigenvalue weighted by Gasteiger charge is 2.12. The molecule has 0 fully saturated rings. The summed E-state index contributed by atoms with van der Waals surface area (Å²) < 4.78 is 17.5. The minimum absolute atomic E-state index is 0.214. The Balaban J connectivity index is 1.63. The summed E-state index contributed by atoms with van der Waals surface area (Å²) in [5.41, 5.74) is 10.2. The highest BCUT2D eigenvalue weighted by atomic mass is 32.2. The fraction of sp³-hybridized carbons (Fsp3) is 0.0909. The number of hydrogen-bond acceptors (Lipinski definition) is 5. The summed E-state index contributed by atoms with van der Waals surface area (Å²) in [4.78, 5) is 16.3. The molecule has 4 aromatic rings. The van der Waals surface area contributed by atoms with Gasteiger partial charge in [-0.1, -0.05) is 36.4 Å². The minimum atomic E-state index is -1.02. The first kappa shape index (κ1) is 18.9. The Morgan fingerprint density at radius 3 is 2.45 bits per heavy atom. The number of amides is 1. The van der Waals surface area contributed by atoms with Crippen LogP contribution in [-0.2, 0) is 22.0 Å². The van der Waals surface area contributed by atoms with Gasteiger partial charge in [0, 0.05) is 33.2 Å². The van der Waals surface area contributed by atoms with Gasteiger partial charge in [-0.15, -0.1) is 0 Å². The van der Waals surface area contributed by atoms with Crippen LogP contribution in [0.4, 0.5) is 11.7 Å². The summed E-state index contributed by atoms with van der Waals surface area (Å²) in [5.74, 6) is -0.357. The molecule has 1 aromatic heterocycles. The standard InChI is InChI=1S/C22H19N3O3S/c1-29(27)17-11-9-16(10-12-17)24-22-25-19-4-2-3-18(21(19)28-22)15-7-5-14(6-8-15)13-20(23)26/h2-12H,13H2,1H3,(H2,23,26)(H,24,25). The van der Waals surface area contributed by atoms with Crippen LogP contribution in [0, 0.1) is 0 Å². The van der Waals surface area contributed by atoms with E-state index in [-0.39, 0.29) is 12.3 Å². The largest absolute Gasteiger partial charge is 0.423 e. The van der Waals surface area contributed by atoms with E-state index in [4.69, 9.17) is 10.2 Å². The van der Waals surface area contributed by atoms with Gasteiger partial charge >= 0.3 is 0 Å². The lowest BCUT2D eigenvalue weighted by Gasteiger charge is -2.04. The highest BCUT2D eigenvalue weighted by molar-refractivity contribution is 7.84. The zero-order chi connectivity index (χ0) is 20.4. The molecule has 1 heterocycles. The Morgan fingerprint density at radius 1 is 1.07 bits per heavy atom. The molecule has 0 bridgehead atoms. The molecule has 1 unspecified atom stereocenters. The second kappa shape index (κ2) is 7.89. The van der Waals surface area contributed by atoms with Crippen LogP contribution in [0.2, 0.25) is 0 Å². The topological polar surface area (TPSA) is 98.2 Å². The van der Waals surface area contributed by atoms with E-state index in [0.717, 1.165) is 32.8 Å². The number of oxazole rings is 1. The number of benzene rings is 3. The van der Waals surface area contributed by atoms with Gasteiger partial charge in [-0.2, -0.15) is 4.98 Å². The number of primary amides is 1. The third-order valence-corrected chi connectivity index (χ3v) is 5.43. The predicted molar refractivity (Wildman–Crippen MR) is 114 cm³/mol. The van der Waals surface area contributed by atoms with Crippen LogP contribution in [0.1, 0.15) is 5.56 Å². The second-order valence-corrected chi connectivity index (χ2v) is 8.00. The van der Waals surface area contributed by atoms with Crippen molar-refractivity contribution in [3.63, 3.8) is 0 Å². The fourth-order valence-corrected chi connectivity index (χ4v) is 3.61. The Bertz CT molecular complexity index is 1200. The van der Waals surface area contributed by atoms with Crippen molar-refractivity contribution in [1.29, 1.82) is 0 Å². The van der Waals surface area contributed by atoms with Gasteiger partial charge < -0.3 is 15.5 Å². The van der Waals surface area contributed by atoms with Crippen molar-refractivity contribution < 1.29 is 13.4 Å². The van der Waals surface area contributed by atoms with Crippen LogP contribution in [0.5, 0.6) is 0 Å². The minimum Gasteiger partial charge on any atom is -0.423 e. The number of nitrogens with two attached hydrogens (primary N) is 1. The fourth-order valence-electron chi connectivity index (χ4n) is 3.09.